The minimum Gasteiger partial charge on any atom is -0.480 e. The third-order valence-electron chi connectivity index (χ3n) is 2.64. The smallest absolute Gasteiger partial charge is 0.326 e. The van der Waals surface area contributed by atoms with Crippen LogP contribution in [0, 0.1) is 0 Å². The van der Waals surface area contributed by atoms with Crippen molar-refractivity contribution in [1.29, 1.82) is 0 Å². The van der Waals surface area contributed by atoms with E-state index in [4.69, 9.17) is 28.3 Å². The Labute approximate surface area is 139 Å². The molecule has 1 atom stereocenters. The lowest BCUT2D eigenvalue weighted by atomic mass is 10.2. The van der Waals surface area contributed by atoms with Gasteiger partial charge in [-0.05, 0) is 18.2 Å². The lowest BCUT2D eigenvalue weighted by Gasteiger charge is -2.14. The van der Waals surface area contributed by atoms with Crippen LogP contribution in [0.4, 0.5) is 8.78 Å². The molecule has 1 aromatic carbocycles. The van der Waals surface area contributed by atoms with E-state index in [0.717, 1.165) is 0 Å². The molecule has 0 saturated carbocycles. The number of carbonyl (C=O) groups is 3. The Balaban J connectivity index is 2.56. The topological polar surface area (TPSA) is 95.5 Å². The third kappa shape index (κ3) is 6.37. The van der Waals surface area contributed by atoms with Gasteiger partial charge in [0.2, 0.25) is 12.3 Å². The van der Waals surface area contributed by atoms with Crippen LogP contribution in [0.15, 0.2) is 18.2 Å². The highest BCUT2D eigenvalue weighted by atomic mass is 35.5. The molecule has 1 rings (SSSR count). The van der Waals surface area contributed by atoms with Gasteiger partial charge in [0.05, 0.1) is 16.6 Å². The Kier molecular flexibility index (Phi) is 7.18. The largest absolute Gasteiger partial charge is 0.480 e. The highest BCUT2D eigenvalue weighted by molar-refractivity contribution is 6.42. The van der Waals surface area contributed by atoms with Crippen LogP contribution in [0.5, 0.6) is 0 Å². The van der Waals surface area contributed by atoms with Gasteiger partial charge >= 0.3 is 5.97 Å². The van der Waals surface area contributed by atoms with Gasteiger partial charge in [0, 0.05) is 12.0 Å². The van der Waals surface area contributed by atoms with Gasteiger partial charge in [0.1, 0.15) is 6.04 Å². The second-order valence-electron chi connectivity index (χ2n) is 4.40. The van der Waals surface area contributed by atoms with E-state index in [0.29, 0.717) is 0 Å². The van der Waals surface area contributed by atoms with Crippen molar-refractivity contribution >= 4 is 41.0 Å². The number of alkyl halides is 2. The van der Waals surface area contributed by atoms with E-state index in [1.165, 1.54) is 18.2 Å². The Morgan fingerprint density at radius 2 is 1.83 bits per heavy atom. The summed E-state index contributed by atoms with van der Waals surface area (Å²) in [4.78, 5) is 34.0. The van der Waals surface area contributed by atoms with Crippen LogP contribution in [0.25, 0.3) is 0 Å². The Bertz CT molecular complexity index is 614. The number of hydrogen-bond donors (Lipinski definition) is 3. The first-order valence-electron chi connectivity index (χ1n) is 6.24. The number of halogens is 4. The molecular formula is C13H12Cl2F2N2O4. The van der Waals surface area contributed by atoms with Crippen molar-refractivity contribution in [3.8, 4) is 0 Å². The average molecular weight is 369 g/mol. The second kappa shape index (κ2) is 8.64. The van der Waals surface area contributed by atoms with Gasteiger partial charge < -0.3 is 15.7 Å². The zero-order valence-electron chi connectivity index (χ0n) is 11.5. The zero-order valence-corrected chi connectivity index (χ0v) is 13.0. The van der Waals surface area contributed by atoms with Crippen LogP contribution in [0.3, 0.4) is 0 Å². The molecule has 0 heterocycles. The summed E-state index contributed by atoms with van der Waals surface area (Å²) in [5.41, 5.74) is 0.134. The molecule has 0 aromatic heterocycles. The maximum absolute atomic E-state index is 12.2. The van der Waals surface area contributed by atoms with E-state index in [-0.39, 0.29) is 15.6 Å². The van der Waals surface area contributed by atoms with E-state index >= 15 is 0 Å². The summed E-state index contributed by atoms with van der Waals surface area (Å²) in [6.07, 6.45) is -3.91. The summed E-state index contributed by atoms with van der Waals surface area (Å²) in [6.45, 7) is -0.577. The predicted octanol–water partition coefficient (Wildman–Crippen LogP) is 1.95. The number of aliphatic carboxylic acids is 1. The molecule has 0 aliphatic heterocycles. The average Bonchev–Trinajstić information content (AvgIpc) is 2.46. The van der Waals surface area contributed by atoms with Crippen molar-refractivity contribution < 1.29 is 28.3 Å². The number of amides is 2. The number of carbonyl (C=O) groups excluding carboxylic acids is 2. The third-order valence-corrected chi connectivity index (χ3v) is 3.38. The van der Waals surface area contributed by atoms with Crippen molar-refractivity contribution in [2.45, 2.75) is 18.9 Å². The molecule has 0 aliphatic rings. The highest BCUT2D eigenvalue weighted by Crippen LogP contribution is 2.22. The van der Waals surface area contributed by atoms with Gasteiger partial charge in [0.15, 0.2) is 0 Å². The van der Waals surface area contributed by atoms with Crippen LogP contribution in [0.1, 0.15) is 16.8 Å². The number of hydrogen-bond acceptors (Lipinski definition) is 3. The lowest BCUT2D eigenvalue weighted by molar-refractivity contribution is -0.142. The molecule has 0 saturated heterocycles. The summed E-state index contributed by atoms with van der Waals surface area (Å²) in [7, 11) is 0. The van der Waals surface area contributed by atoms with Crippen molar-refractivity contribution in [2.75, 3.05) is 6.54 Å². The number of rotatable bonds is 7. The van der Waals surface area contributed by atoms with Gasteiger partial charge in [-0.3, -0.25) is 9.59 Å². The molecule has 2 amide bonds. The Hall–Kier alpha value is -1.93. The van der Waals surface area contributed by atoms with E-state index in [1.807, 2.05) is 5.32 Å². The maximum Gasteiger partial charge on any atom is 0.326 e. The quantitative estimate of drug-likeness (QED) is 0.685. The molecule has 6 nitrogen and oxygen atoms in total. The molecule has 0 bridgehead atoms. The molecule has 10 heteroatoms. The van der Waals surface area contributed by atoms with Gasteiger partial charge in [-0.25, -0.2) is 13.6 Å². The molecular weight excluding hydrogens is 357 g/mol. The lowest BCUT2D eigenvalue weighted by Crippen LogP contribution is -2.46. The predicted molar refractivity (Wildman–Crippen MR) is 79.0 cm³/mol. The number of carboxylic acid groups (broad SMARTS) is 1. The van der Waals surface area contributed by atoms with Crippen molar-refractivity contribution in [1.82, 2.24) is 10.6 Å². The summed E-state index contributed by atoms with van der Waals surface area (Å²) in [5.74, 6) is -3.15. The normalized spacial score (nSPS) is 11.9. The van der Waals surface area contributed by atoms with E-state index in [2.05, 4.69) is 5.32 Å². The number of benzene rings is 1. The van der Waals surface area contributed by atoms with Gasteiger partial charge in [0.25, 0.3) is 5.91 Å². The standard InChI is InChI=1S/C13H12Cl2F2N2O4/c14-7-2-1-6(3-8(7)15)12(21)18-5-11(20)19-9(13(22)23)4-10(16)17/h1-3,9-10H,4-5H2,(H,18,21)(H,19,20)(H,22,23). The molecule has 3 N–H and O–H groups in total. The first kappa shape index (κ1) is 19.1. The molecule has 23 heavy (non-hydrogen) atoms. The minimum absolute atomic E-state index is 0.134. The number of nitrogens with one attached hydrogen (secondary N) is 2. The van der Waals surface area contributed by atoms with Crippen molar-refractivity contribution in [3.05, 3.63) is 33.8 Å². The molecule has 0 spiro atoms. The van der Waals surface area contributed by atoms with Gasteiger partial charge in [-0.15, -0.1) is 0 Å². The van der Waals surface area contributed by atoms with Crippen LogP contribution in [0.2, 0.25) is 10.0 Å². The summed E-state index contributed by atoms with van der Waals surface area (Å²) < 4.78 is 24.4. The van der Waals surface area contributed by atoms with Crippen LogP contribution >= 0.6 is 23.2 Å². The van der Waals surface area contributed by atoms with Crippen molar-refractivity contribution in [2.24, 2.45) is 0 Å². The van der Waals surface area contributed by atoms with Crippen molar-refractivity contribution in [3.63, 3.8) is 0 Å². The maximum atomic E-state index is 12.2. The molecule has 0 fully saturated rings. The monoisotopic (exact) mass is 368 g/mol. The van der Waals surface area contributed by atoms with E-state index < -0.39 is 43.2 Å². The van der Waals surface area contributed by atoms with Crippen LogP contribution in [-0.2, 0) is 9.59 Å². The van der Waals surface area contributed by atoms with Crippen LogP contribution in [-0.4, -0.2) is 41.9 Å². The van der Waals surface area contributed by atoms with Gasteiger partial charge in [-0.2, -0.15) is 0 Å². The van der Waals surface area contributed by atoms with Gasteiger partial charge in [-0.1, -0.05) is 23.2 Å². The molecule has 1 aromatic rings. The van der Waals surface area contributed by atoms with E-state index in [9.17, 15) is 23.2 Å². The minimum atomic E-state index is -2.89. The Morgan fingerprint density at radius 3 is 2.35 bits per heavy atom. The van der Waals surface area contributed by atoms with Crippen LogP contribution < -0.4 is 10.6 Å². The second-order valence-corrected chi connectivity index (χ2v) is 5.21. The first-order chi connectivity index (χ1) is 10.7. The highest BCUT2D eigenvalue weighted by Gasteiger charge is 2.24. The molecule has 0 radical (unpaired) electrons. The summed E-state index contributed by atoms with van der Waals surface area (Å²) in [5, 5.41) is 13.2. The fourth-order valence-electron chi connectivity index (χ4n) is 1.55. The fraction of sp³-hybridized carbons (Fsp3) is 0.308. The Morgan fingerprint density at radius 1 is 1.17 bits per heavy atom. The SMILES string of the molecule is O=C(CNC(=O)c1ccc(Cl)c(Cl)c1)NC(CC(F)F)C(=O)O. The molecule has 0 aliphatic carbocycles. The number of carboxylic acids is 1. The summed E-state index contributed by atoms with van der Waals surface area (Å²) in [6, 6.07) is 2.32. The zero-order chi connectivity index (χ0) is 17.6. The molecule has 126 valence electrons. The first-order valence-corrected chi connectivity index (χ1v) is 7.00. The fourth-order valence-corrected chi connectivity index (χ4v) is 1.84. The molecule has 1 unspecified atom stereocenters. The summed E-state index contributed by atoms with van der Waals surface area (Å²) >= 11 is 11.4. The van der Waals surface area contributed by atoms with E-state index in [1.54, 1.807) is 0 Å².